The van der Waals surface area contributed by atoms with Gasteiger partial charge in [0.1, 0.15) is 0 Å². The Kier molecular flexibility index (Phi) is 4.65. The molecule has 8 heavy (non-hydrogen) atoms. The summed E-state index contributed by atoms with van der Waals surface area (Å²) in [5, 5.41) is 0. The number of ether oxygens (including phenoxy) is 1. The lowest BCUT2D eigenvalue weighted by atomic mass is 10.6. The number of esters is 1. The third-order valence-electron chi connectivity index (χ3n) is 0.486. The first-order valence-electron chi connectivity index (χ1n) is 2.24. The fourth-order valence-corrected chi connectivity index (χ4v) is 0.458. The van der Waals surface area contributed by atoms with Crippen LogP contribution in [-0.2, 0) is 9.53 Å². The molecule has 0 rings (SSSR count). The zero-order valence-corrected chi connectivity index (χ0v) is 6.14. The Balaban J connectivity index is 3.33. The normalized spacial score (nSPS) is 9.75. The number of carbonyl (C=O) groups excluding carboxylic acids is 1. The molecule has 0 heterocycles. The van der Waals surface area contributed by atoms with E-state index in [1.54, 1.807) is 6.92 Å². The zero-order chi connectivity index (χ0) is 6.41. The second kappa shape index (κ2) is 4.84. The number of carbonyl (C=O) groups is 1. The molecule has 0 saturated heterocycles. The van der Waals surface area contributed by atoms with Crippen molar-refractivity contribution in [2.45, 2.75) is 6.92 Å². The molecule has 0 atom stereocenters. The van der Waals surface area contributed by atoms with E-state index in [2.05, 4.69) is 20.7 Å². The van der Waals surface area contributed by atoms with E-state index < -0.39 is 0 Å². The number of hydrogen-bond acceptors (Lipinski definition) is 2. The van der Waals surface area contributed by atoms with Gasteiger partial charge in [0.2, 0.25) is 0 Å². The van der Waals surface area contributed by atoms with Crippen molar-refractivity contribution in [1.82, 2.24) is 0 Å². The van der Waals surface area contributed by atoms with E-state index in [1.165, 1.54) is 11.1 Å². The molecule has 0 aliphatic rings. The average molecular weight is 179 g/mol. The molecule has 0 amide bonds. The summed E-state index contributed by atoms with van der Waals surface area (Å²) in [5.41, 5.74) is 0. The maximum absolute atomic E-state index is 10.3. The highest BCUT2D eigenvalue weighted by atomic mass is 79.9. The molecule has 0 fully saturated rings. The molecule has 0 aliphatic carbocycles. The molecule has 0 aliphatic heterocycles. The highest BCUT2D eigenvalue weighted by molar-refractivity contribution is 9.11. The van der Waals surface area contributed by atoms with Crippen LogP contribution in [0.3, 0.4) is 0 Å². The Bertz CT molecular complexity index is 98.6. The molecule has 3 heteroatoms. The van der Waals surface area contributed by atoms with Crippen molar-refractivity contribution in [1.29, 1.82) is 0 Å². The molecule has 0 aromatic heterocycles. The Morgan fingerprint density at radius 3 is 2.88 bits per heavy atom. The van der Waals surface area contributed by atoms with E-state index in [-0.39, 0.29) is 5.97 Å². The lowest BCUT2D eigenvalue weighted by Crippen LogP contribution is -1.97. The molecule has 0 saturated carbocycles. The van der Waals surface area contributed by atoms with Gasteiger partial charge >= 0.3 is 5.97 Å². The van der Waals surface area contributed by atoms with Gasteiger partial charge in [-0.1, -0.05) is 15.9 Å². The van der Waals surface area contributed by atoms with E-state index in [4.69, 9.17) is 0 Å². The van der Waals surface area contributed by atoms with Crippen molar-refractivity contribution in [2.75, 3.05) is 6.61 Å². The first-order valence-corrected chi connectivity index (χ1v) is 3.16. The number of hydrogen-bond donors (Lipinski definition) is 0. The minimum atomic E-state index is -0.315. The predicted octanol–water partition coefficient (Wildman–Crippen LogP) is 1.46. The Labute approximate surface area is 56.7 Å². The van der Waals surface area contributed by atoms with Crippen LogP contribution in [0.4, 0.5) is 0 Å². The van der Waals surface area contributed by atoms with Gasteiger partial charge in [-0.2, -0.15) is 0 Å². The van der Waals surface area contributed by atoms with E-state index >= 15 is 0 Å². The van der Waals surface area contributed by atoms with Gasteiger partial charge in [0.15, 0.2) is 0 Å². The van der Waals surface area contributed by atoms with Crippen molar-refractivity contribution in [2.24, 2.45) is 0 Å². The van der Waals surface area contributed by atoms with Gasteiger partial charge in [-0.3, -0.25) is 0 Å². The lowest BCUT2D eigenvalue weighted by Gasteiger charge is -1.91. The second-order valence-electron chi connectivity index (χ2n) is 1.04. The van der Waals surface area contributed by atoms with Crippen LogP contribution < -0.4 is 0 Å². The molecular formula is C5H7BrO2. The second-order valence-corrected chi connectivity index (χ2v) is 1.57. The summed E-state index contributed by atoms with van der Waals surface area (Å²) in [6.07, 6.45) is 1.31. The molecule has 0 aromatic carbocycles. The molecule has 0 N–H and O–H groups in total. The SMILES string of the molecule is CCOC(=O)/C=C/Br. The Hall–Kier alpha value is -0.310. The third kappa shape index (κ3) is 3.87. The van der Waals surface area contributed by atoms with Crippen molar-refractivity contribution in [3.8, 4) is 0 Å². The van der Waals surface area contributed by atoms with Gasteiger partial charge < -0.3 is 4.74 Å². The highest BCUT2D eigenvalue weighted by Gasteiger charge is 1.88. The van der Waals surface area contributed by atoms with Crippen LogP contribution in [0.5, 0.6) is 0 Å². The summed E-state index contributed by atoms with van der Waals surface area (Å²) in [6, 6.07) is 0. The van der Waals surface area contributed by atoms with Crippen LogP contribution >= 0.6 is 15.9 Å². The molecular weight excluding hydrogens is 172 g/mol. The van der Waals surface area contributed by atoms with Gasteiger partial charge in [-0.05, 0) is 11.9 Å². The average Bonchev–Trinajstić information content (AvgIpc) is 1.68. The van der Waals surface area contributed by atoms with Gasteiger partial charge in [-0.25, -0.2) is 4.79 Å². The first-order chi connectivity index (χ1) is 3.81. The topological polar surface area (TPSA) is 26.3 Å². The molecule has 0 bridgehead atoms. The quantitative estimate of drug-likeness (QED) is 0.473. The Morgan fingerprint density at radius 2 is 2.50 bits per heavy atom. The van der Waals surface area contributed by atoms with Crippen molar-refractivity contribution in [3.05, 3.63) is 11.1 Å². The molecule has 46 valence electrons. The van der Waals surface area contributed by atoms with Gasteiger partial charge in [-0.15, -0.1) is 0 Å². The van der Waals surface area contributed by atoms with E-state index in [0.717, 1.165) is 0 Å². The van der Waals surface area contributed by atoms with Crippen LogP contribution in [-0.4, -0.2) is 12.6 Å². The summed E-state index contributed by atoms with van der Waals surface area (Å²) >= 11 is 2.94. The fourth-order valence-electron chi connectivity index (χ4n) is 0.242. The van der Waals surface area contributed by atoms with Crippen molar-refractivity contribution < 1.29 is 9.53 Å². The third-order valence-corrected chi connectivity index (χ3v) is 0.750. The summed E-state index contributed by atoms with van der Waals surface area (Å²) in [6.45, 7) is 2.19. The molecule has 0 radical (unpaired) electrons. The van der Waals surface area contributed by atoms with Crippen molar-refractivity contribution in [3.63, 3.8) is 0 Å². The minimum absolute atomic E-state index is 0.315. The van der Waals surface area contributed by atoms with Gasteiger partial charge in [0.25, 0.3) is 0 Å². The fraction of sp³-hybridized carbons (Fsp3) is 0.400. The van der Waals surface area contributed by atoms with Gasteiger partial charge in [0, 0.05) is 6.08 Å². The lowest BCUT2D eigenvalue weighted by molar-refractivity contribution is -0.137. The maximum atomic E-state index is 10.3. The number of rotatable bonds is 2. The van der Waals surface area contributed by atoms with Gasteiger partial charge in [0.05, 0.1) is 6.61 Å². The largest absolute Gasteiger partial charge is 0.463 e. The monoisotopic (exact) mass is 178 g/mol. The summed E-state index contributed by atoms with van der Waals surface area (Å²) in [7, 11) is 0. The van der Waals surface area contributed by atoms with E-state index in [1.807, 2.05) is 0 Å². The summed E-state index contributed by atoms with van der Waals surface area (Å²) in [5.74, 6) is -0.315. The zero-order valence-electron chi connectivity index (χ0n) is 4.56. The summed E-state index contributed by atoms with van der Waals surface area (Å²) < 4.78 is 4.53. The molecule has 0 spiro atoms. The minimum Gasteiger partial charge on any atom is -0.463 e. The first kappa shape index (κ1) is 7.69. The molecule has 2 nitrogen and oxygen atoms in total. The molecule has 0 aromatic rings. The van der Waals surface area contributed by atoms with Crippen LogP contribution in [0.15, 0.2) is 11.1 Å². The summed E-state index contributed by atoms with van der Waals surface area (Å²) in [4.78, 5) is 11.8. The smallest absolute Gasteiger partial charge is 0.331 e. The predicted molar refractivity (Wildman–Crippen MR) is 34.7 cm³/mol. The maximum Gasteiger partial charge on any atom is 0.331 e. The van der Waals surface area contributed by atoms with E-state index in [0.29, 0.717) is 6.61 Å². The van der Waals surface area contributed by atoms with Crippen LogP contribution in [0.25, 0.3) is 0 Å². The highest BCUT2D eigenvalue weighted by Crippen LogP contribution is 1.85. The Morgan fingerprint density at radius 1 is 1.88 bits per heavy atom. The van der Waals surface area contributed by atoms with E-state index in [9.17, 15) is 4.79 Å². The standard InChI is InChI=1S/C5H7BrO2/c1-2-8-5(7)3-4-6/h3-4H,2H2,1H3/b4-3+. The number of halogens is 1. The van der Waals surface area contributed by atoms with Crippen LogP contribution in [0, 0.1) is 0 Å². The van der Waals surface area contributed by atoms with Crippen LogP contribution in [0.2, 0.25) is 0 Å². The van der Waals surface area contributed by atoms with Crippen molar-refractivity contribution >= 4 is 21.9 Å². The van der Waals surface area contributed by atoms with Crippen LogP contribution in [0.1, 0.15) is 6.92 Å². The molecule has 0 unspecified atom stereocenters.